The molecule has 0 fully saturated rings. The molecular weight excluding hydrogens is 284 g/mol. The normalized spacial score (nSPS) is 14.1. The molecule has 1 aromatic rings. The van der Waals surface area contributed by atoms with Crippen LogP contribution < -0.4 is 5.73 Å². The number of hydrogen-bond acceptors (Lipinski definition) is 3. The Labute approximate surface area is 129 Å². The molecule has 0 aliphatic heterocycles. The second kappa shape index (κ2) is 7.38. The van der Waals surface area contributed by atoms with E-state index in [2.05, 4.69) is 0 Å². The first-order chi connectivity index (χ1) is 9.70. The van der Waals surface area contributed by atoms with E-state index in [0.717, 1.165) is 12.0 Å². The van der Waals surface area contributed by atoms with Crippen LogP contribution in [0.3, 0.4) is 0 Å². The molecule has 1 atom stereocenters. The fourth-order valence-electron chi connectivity index (χ4n) is 2.22. The predicted octanol–water partition coefficient (Wildman–Crippen LogP) is 3.15. The average molecular weight is 312 g/mol. The molecule has 0 saturated carbocycles. The lowest BCUT2D eigenvalue weighted by Crippen LogP contribution is -2.39. The zero-order chi connectivity index (χ0) is 16.2. The van der Waals surface area contributed by atoms with Crippen molar-refractivity contribution in [2.75, 3.05) is 6.54 Å². The topological polar surface area (TPSA) is 63.4 Å². The summed E-state index contributed by atoms with van der Waals surface area (Å²) in [5.41, 5.74) is 6.88. The van der Waals surface area contributed by atoms with Crippen molar-refractivity contribution in [1.82, 2.24) is 4.31 Å². The maximum atomic E-state index is 12.9. The summed E-state index contributed by atoms with van der Waals surface area (Å²) in [5, 5.41) is 0. The molecule has 2 N–H and O–H groups in total. The average Bonchev–Trinajstić information content (AvgIpc) is 2.43. The van der Waals surface area contributed by atoms with E-state index < -0.39 is 10.0 Å². The molecule has 5 heteroatoms. The monoisotopic (exact) mass is 312 g/mol. The molecule has 0 heterocycles. The van der Waals surface area contributed by atoms with E-state index in [-0.39, 0.29) is 18.0 Å². The van der Waals surface area contributed by atoms with E-state index in [4.69, 9.17) is 5.73 Å². The molecule has 0 aromatic heterocycles. The Hall–Kier alpha value is -0.910. The van der Waals surface area contributed by atoms with E-state index in [1.54, 1.807) is 22.5 Å². The third-order valence-corrected chi connectivity index (χ3v) is 5.49. The number of rotatable bonds is 7. The Bertz CT molecular complexity index is 553. The minimum atomic E-state index is -3.48. The standard InChI is InChI=1S/C16H28N2O2S/c1-6-16(17)14-8-7-9-15(10-14)21(19,20)18(13(4)5)11-12(2)3/h7-10,12-13,16H,6,11,17H2,1-5H3. The fraction of sp³-hybridized carbons (Fsp3) is 0.625. The Kier molecular flexibility index (Phi) is 6.38. The maximum absolute atomic E-state index is 12.9. The lowest BCUT2D eigenvalue weighted by Gasteiger charge is -2.27. The van der Waals surface area contributed by atoms with Gasteiger partial charge in [-0.3, -0.25) is 0 Å². The van der Waals surface area contributed by atoms with Crippen LogP contribution in [0.4, 0.5) is 0 Å². The van der Waals surface area contributed by atoms with Crippen molar-refractivity contribution in [3.05, 3.63) is 29.8 Å². The number of benzene rings is 1. The molecule has 120 valence electrons. The van der Waals surface area contributed by atoms with Crippen LogP contribution in [0.5, 0.6) is 0 Å². The van der Waals surface area contributed by atoms with Crippen molar-refractivity contribution in [3.63, 3.8) is 0 Å². The molecule has 0 spiro atoms. The van der Waals surface area contributed by atoms with Crippen molar-refractivity contribution in [2.45, 2.75) is 58.0 Å². The molecule has 4 nitrogen and oxygen atoms in total. The van der Waals surface area contributed by atoms with Gasteiger partial charge in [0.05, 0.1) is 4.90 Å². The molecular formula is C16H28N2O2S. The van der Waals surface area contributed by atoms with Crippen LogP contribution in [0.25, 0.3) is 0 Å². The zero-order valence-electron chi connectivity index (χ0n) is 13.7. The molecule has 1 aromatic carbocycles. The van der Waals surface area contributed by atoms with Gasteiger partial charge in [0.25, 0.3) is 0 Å². The summed E-state index contributed by atoms with van der Waals surface area (Å²) < 4.78 is 27.3. The van der Waals surface area contributed by atoms with Gasteiger partial charge in [-0.25, -0.2) is 8.42 Å². The number of nitrogens with zero attached hydrogens (tertiary/aromatic N) is 1. The summed E-state index contributed by atoms with van der Waals surface area (Å²) >= 11 is 0. The van der Waals surface area contributed by atoms with Crippen LogP contribution in [-0.4, -0.2) is 25.3 Å². The highest BCUT2D eigenvalue weighted by atomic mass is 32.2. The van der Waals surface area contributed by atoms with Gasteiger partial charge in [0.2, 0.25) is 10.0 Å². The van der Waals surface area contributed by atoms with Gasteiger partial charge in [0.1, 0.15) is 0 Å². The fourth-order valence-corrected chi connectivity index (χ4v) is 4.08. The molecule has 0 saturated heterocycles. The Balaban J connectivity index is 3.22. The van der Waals surface area contributed by atoms with Gasteiger partial charge in [-0.1, -0.05) is 32.9 Å². The highest BCUT2D eigenvalue weighted by molar-refractivity contribution is 7.89. The summed E-state index contributed by atoms with van der Waals surface area (Å²) in [4.78, 5) is 0.332. The van der Waals surface area contributed by atoms with E-state index in [1.807, 2.05) is 40.7 Å². The molecule has 1 rings (SSSR count). The first-order valence-corrected chi connectivity index (χ1v) is 9.01. The summed E-state index contributed by atoms with van der Waals surface area (Å²) in [7, 11) is -3.48. The Morgan fingerprint density at radius 1 is 1.19 bits per heavy atom. The van der Waals surface area contributed by atoms with E-state index in [0.29, 0.717) is 11.4 Å². The van der Waals surface area contributed by atoms with Crippen LogP contribution in [-0.2, 0) is 10.0 Å². The molecule has 0 aliphatic carbocycles. The van der Waals surface area contributed by atoms with Gasteiger partial charge in [-0.2, -0.15) is 4.31 Å². The van der Waals surface area contributed by atoms with Gasteiger partial charge in [0.15, 0.2) is 0 Å². The minimum Gasteiger partial charge on any atom is -0.324 e. The van der Waals surface area contributed by atoms with Crippen molar-refractivity contribution in [1.29, 1.82) is 0 Å². The SMILES string of the molecule is CCC(N)c1cccc(S(=O)(=O)N(CC(C)C)C(C)C)c1. The van der Waals surface area contributed by atoms with Crippen LogP contribution >= 0.6 is 0 Å². The molecule has 21 heavy (non-hydrogen) atoms. The third kappa shape index (κ3) is 4.53. The molecule has 0 radical (unpaired) electrons. The van der Waals surface area contributed by atoms with Crippen molar-refractivity contribution in [2.24, 2.45) is 11.7 Å². The smallest absolute Gasteiger partial charge is 0.243 e. The van der Waals surface area contributed by atoms with Gasteiger partial charge >= 0.3 is 0 Å². The van der Waals surface area contributed by atoms with Crippen LogP contribution in [0, 0.1) is 5.92 Å². The highest BCUT2D eigenvalue weighted by Crippen LogP contribution is 2.23. The largest absolute Gasteiger partial charge is 0.324 e. The second-order valence-electron chi connectivity index (χ2n) is 6.15. The summed E-state index contributed by atoms with van der Waals surface area (Å²) in [6, 6.07) is 6.82. The second-order valence-corrected chi connectivity index (χ2v) is 8.04. The molecule has 1 unspecified atom stereocenters. The zero-order valence-corrected chi connectivity index (χ0v) is 14.5. The highest BCUT2D eigenvalue weighted by Gasteiger charge is 2.27. The van der Waals surface area contributed by atoms with E-state index in [9.17, 15) is 8.42 Å². The molecule has 0 aliphatic rings. The van der Waals surface area contributed by atoms with Crippen LogP contribution in [0.1, 0.15) is 52.6 Å². The first-order valence-electron chi connectivity index (χ1n) is 7.57. The number of sulfonamides is 1. The summed E-state index contributed by atoms with van der Waals surface area (Å²) in [5.74, 6) is 0.281. The van der Waals surface area contributed by atoms with Crippen molar-refractivity contribution in [3.8, 4) is 0 Å². The first kappa shape index (κ1) is 18.1. The predicted molar refractivity (Wildman–Crippen MR) is 87.5 cm³/mol. The summed E-state index contributed by atoms with van der Waals surface area (Å²) in [6.45, 7) is 10.4. The lowest BCUT2D eigenvalue weighted by atomic mass is 10.1. The van der Waals surface area contributed by atoms with Crippen LogP contribution in [0.2, 0.25) is 0 Å². The summed E-state index contributed by atoms with van der Waals surface area (Å²) in [6.07, 6.45) is 0.781. The van der Waals surface area contributed by atoms with E-state index in [1.165, 1.54) is 0 Å². The minimum absolute atomic E-state index is 0.0686. The lowest BCUT2D eigenvalue weighted by molar-refractivity contribution is 0.319. The quantitative estimate of drug-likeness (QED) is 0.841. The Morgan fingerprint density at radius 2 is 1.81 bits per heavy atom. The van der Waals surface area contributed by atoms with Gasteiger partial charge in [-0.05, 0) is 43.9 Å². The van der Waals surface area contributed by atoms with Gasteiger partial charge < -0.3 is 5.73 Å². The Morgan fingerprint density at radius 3 is 2.29 bits per heavy atom. The van der Waals surface area contributed by atoms with E-state index >= 15 is 0 Å². The van der Waals surface area contributed by atoms with Gasteiger partial charge in [-0.15, -0.1) is 0 Å². The number of hydrogen-bond donors (Lipinski definition) is 1. The van der Waals surface area contributed by atoms with Crippen molar-refractivity contribution >= 4 is 10.0 Å². The van der Waals surface area contributed by atoms with Crippen molar-refractivity contribution < 1.29 is 8.42 Å². The molecule has 0 bridgehead atoms. The maximum Gasteiger partial charge on any atom is 0.243 e. The molecule has 0 amide bonds. The van der Waals surface area contributed by atoms with Gasteiger partial charge in [0, 0.05) is 18.6 Å². The van der Waals surface area contributed by atoms with Crippen LogP contribution in [0.15, 0.2) is 29.2 Å². The number of nitrogens with two attached hydrogens (primary N) is 1. The third-order valence-electron chi connectivity index (χ3n) is 3.45.